The molecule has 258 valence electrons. The molecule has 8 rings (SSSR count). The second-order valence-corrected chi connectivity index (χ2v) is 14.9. The topological polar surface area (TPSA) is 97.6 Å². The number of anilines is 2. The van der Waals surface area contributed by atoms with Gasteiger partial charge in [-0.1, -0.05) is 6.92 Å². The summed E-state index contributed by atoms with van der Waals surface area (Å²) in [7, 11) is 0. The van der Waals surface area contributed by atoms with Crippen molar-refractivity contribution in [3.05, 3.63) is 60.0 Å². The minimum atomic E-state index is -0.207. The third-order valence-corrected chi connectivity index (χ3v) is 11.6. The largest absolute Gasteiger partial charge is 0.493 e. The third-order valence-electron chi connectivity index (χ3n) is 11.6. The Morgan fingerprint density at radius 1 is 0.918 bits per heavy atom. The monoisotopic (exact) mass is 663 g/mol. The number of fused-ring (bicyclic) bond motifs is 7. The molecule has 7 heterocycles. The van der Waals surface area contributed by atoms with Gasteiger partial charge in [0.25, 0.3) is 5.91 Å². The molecule has 1 N–H and O–H groups in total. The molecule has 3 saturated heterocycles. The zero-order valence-corrected chi connectivity index (χ0v) is 29.0. The summed E-state index contributed by atoms with van der Waals surface area (Å²) in [6.07, 6.45) is 12.9. The van der Waals surface area contributed by atoms with Crippen molar-refractivity contribution in [3.63, 3.8) is 0 Å². The number of nitrogens with one attached hydrogen (secondary N) is 1. The fraction of sp³-hybridized carbons (Fsp3) is 0.538. The van der Waals surface area contributed by atoms with Crippen molar-refractivity contribution >= 4 is 28.6 Å². The van der Waals surface area contributed by atoms with Gasteiger partial charge in [-0.2, -0.15) is 0 Å². The number of carbonyl (C=O) groups is 1. The van der Waals surface area contributed by atoms with Crippen molar-refractivity contribution in [2.24, 2.45) is 11.3 Å². The van der Waals surface area contributed by atoms with Gasteiger partial charge in [0.2, 0.25) is 5.95 Å². The van der Waals surface area contributed by atoms with E-state index in [2.05, 4.69) is 49.8 Å². The van der Waals surface area contributed by atoms with Crippen molar-refractivity contribution < 1.29 is 14.3 Å². The van der Waals surface area contributed by atoms with Crippen LogP contribution in [0.3, 0.4) is 0 Å². The molecular formula is C39H49N7O3. The first-order chi connectivity index (χ1) is 23.9. The average Bonchev–Trinajstić information content (AvgIpc) is 3.46. The van der Waals surface area contributed by atoms with E-state index in [0.29, 0.717) is 35.1 Å². The molecule has 4 aliphatic heterocycles. The SMILES string of the molecule is Cc1cc2cc(n1)-c1cnccc1OCCC[C@@H](C)Cn1c(nc3ccc(N4CCC5(CC4)CCN(C4CCOCC4)CC5)cc31)NC2=O. The summed E-state index contributed by atoms with van der Waals surface area (Å²) in [5.41, 5.74) is 6.42. The lowest BCUT2D eigenvalue weighted by Gasteiger charge is -2.49. The Hall–Kier alpha value is -4.02. The van der Waals surface area contributed by atoms with Crippen LogP contribution >= 0.6 is 0 Å². The predicted octanol–water partition coefficient (Wildman–Crippen LogP) is 6.72. The van der Waals surface area contributed by atoms with Gasteiger partial charge in [0.1, 0.15) is 5.75 Å². The van der Waals surface area contributed by atoms with Crippen molar-refractivity contribution in [3.8, 4) is 17.0 Å². The lowest BCUT2D eigenvalue weighted by atomic mass is 9.71. The molecule has 1 spiro atoms. The molecule has 4 aromatic rings. The molecule has 1 aromatic carbocycles. The van der Waals surface area contributed by atoms with Crippen LogP contribution < -0.4 is 15.0 Å². The van der Waals surface area contributed by atoms with Crippen molar-refractivity contribution in [1.82, 2.24) is 24.4 Å². The van der Waals surface area contributed by atoms with Gasteiger partial charge in [0, 0.05) is 68.2 Å². The maximum Gasteiger partial charge on any atom is 0.258 e. The molecule has 49 heavy (non-hydrogen) atoms. The van der Waals surface area contributed by atoms with Gasteiger partial charge in [0.05, 0.1) is 28.9 Å². The average molecular weight is 664 g/mol. The number of benzene rings is 1. The second kappa shape index (κ2) is 13.7. The van der Waals surface area contributed by atoms with Crippen LogP contribution in [0.15, 0.2) is 48.8 Å². The van der Waals surface area contributed by atoms with E-state index in [4.69, 9.17) is 19.4 Å². The van der Waals surface area contributed by atoms with Gasteiger partial charge in [-0.15, -0.1) is 0 Å². The highest BCUT2D eigenvalue weighted by atomic mass is 16.5. The number of hydrogen-bond donors (Lipinski definition) is 1. The maximum atomic E-state index is 13.8. The summed E-state index contributed by atoms with van der Waals surface area (Å²) >= 11 is 0. The Balaban J connectivity index is 1.03. The quantitative estimate of drug-likeness (QED) is 0.252. The highest BCUT2D eigenvalue weighted by Gasteiger charge is 2.39. The van der Waals surface area contributed by atoms with Crippen LogP contribution in [-0.2, 0) is 11.3 Å². The van der Waals surface area contributed by atoms with E-state index in [9.17, 15) is 4.79 Å². The van der Waals surface area contributed by atoms with Gasteiger partial charge in [-0.25, -0.2) is 4.98 Å². The Bertz CT molecular complexity index is 1800. The summed E-state index contributed by atoms with van der Waals surface area (Å²) in [5.74, 6) is 1.47. The maximum absolute atomic E-state index is 13.8. The van der Waals surface area contributed by atoms with E-state index in [1.54, 1.807) is 12.4 Å². The number of nitrogens with zero attached hydrogens (tertiary/aromatic N) is 6. The van der Waals surface area contributed by atoms with Crippen LogP contribution in [0.1, 0.15) is 74.3 Å². The smallest absolute Gasteiger partial charge is 0.258 e. The number of ether oxygens (including phenoxy) is 2. The van der Waals surface area contributed by atoms with Crippen LogP contribution in [0.2, 0.25) is 0 Å². The molecule has 3 fully saturated rings. The Kier molecular flexibility index (Phi) is 9.01. The number of pyridine rings is 2. The number of amides is 1. The standard InChI is InChI=1S/C39H49N7O3/c1-27-4-3-19-49-36-7-14-40-25-32(36)34-23-29(22-28(2)41-34)37(47)43-38-42-33-6-5-31(24-35(33)46(38)26-27)45-17-12-39(13-18-45)10-15-44(16-11-39)30-8-20-48-21-9-30/h5-7,14,22-25,27,30H,3-4,8-13,15-21,26H2,1-2H3,(H,42,43,47)/t27-/m1/s1. The van der Waals surface area contributed by atoms with E-state index in [1.807, 2.05) is 25.1 Å². The van der Waals surface area contributed by atoms with Gasteiger partial charge < -0.3 is 23.8 Å². The minimum absolute atomic E-state index is 0.207. The first-order valence-corrected chi connectivity index (χ1v) is 18.4. The van der Waals surface area contributed by atoms with Gasteiger partial charge >= 0.3 is 0 Å². The number of hydrogen-bond acceptors (Lipinski definition) is 8. The highest BCUT2D eigenvalue weighted by molar-refractivity contribution is 6.05. The van der Waals surface area contributed by atoms with Gasteiger partial charge in [0.15, 0.2) is 0 Å². The number of imidazole rings is 1. The summed E-state index contributed by atoms with van der Waals surface area (Å²) < 4.78 is 14.1. The van der Waals surface area contributed by atoms with Gasteiger partial charge in [-0.3, -0.25) is 20.1 Å². The number of rotatable bonds is 2. The molecule has 0 radical (unpaired) electrons. The zero-order chi connectivity index (χ0) is 33.4. The van der Waals surface area contributed by atoms with Gasteiger partial charge in [-0.05, 0) is 119 Å². The van der Waals surface area contributed by atoms with Crippen molar-refractivity contribution in [2.45, 2.75) is 77.8 Å². The number of aryl methyl sites for hydroxylation is 1. The molecule has 2 bridgehead atoms. The summed E-state index contributed by atoms with van der Waals surface area (Å²) in [4.78, 5) is 33.2. The summed E-state index contributed by atoms with van der Waals surface area (Å²) in [6, 6.07) is 12.9. The Labute approximate surface area is 289 Å². The van der Waals surface area contributed by atoms with Crippen LogP contribution in [0.5, 0.6) is 5.75 Å². The molecule has 0 unspecified atom stereocenters. The molecule has 1 atom stereocenters. The Morgan fingerprint density at radius 3 is 2.53 bits per heavy atom. The normalized spacial score (nSPS) is 22.4. The van der Waals surface area contributed by atoms with E-state index in [1.165, 1.54) is 57.3 Å². The molecule has 3 aromatic heterocycles. The first-order valence-electron chi connectivity index (χ1n) is 18.4. The fourth-order valence-electron chi connectivity index (χ4n) is 8.57. The molecule has 0 aliphatic carbocycles. The minimum Gasteiger partial charge on any atom is -0.493 e. The Morgan fingerprint density at radius 2 is 1.71 bits per heavy atom. The van der Waals surface area contributed by atoms with Crippen molar-refractivity contribution in [1.29, 1.82) is 0 Å². The van der Waals surface area contributed by atoms with E-state index >= 15 is 0 Å². The third kappa shape index (κ3) is 6.77. The van der Waals surface area contributed by atoms with Crippen LogP contribution in [0.25, 0.3) is 22.3 Å². The second-order valence-electron chi connectivity index (χ2n) is 14.9. The molecule has 10 heteroatoms. The number of aromatic nitrogens is 4. The number of likely N-dealkylation sites (tertiary alicyclic amines) is 1. The summed E-state index contributed by atoms with van der Waals surface area (Å²) in [6.45, 7) is 12.0. The van der Waals surface area contributed by atoms with Crippen LogP contribution in [0.4, 0.5) is 11.6 Å². The molecule has 10 nitrogen and oxygen atoms in total. The number of carbonyl (C=O) groups excluding carboxylic acids is 1. The fourth-order valence-corrected chi connectivity index (χ4v) is 8.57. The molecular weight excluding hydrogens is 614 g/mol. The molecule has 4 aliphatic rings. The van der Waals surface area contributed by atoms with E-state index in [0.717, 1.165) is 79.8 Å². The highest BCUT2D eigenvalue weighted by Crippen LogP contribution is 2.43. The summed E-state index contributed by atoms with van der Waals surface area (Å²) in [5, 5.41) is 3.18. The lowest BCUT2D eigenvalue weighted by molar-refractivity contribution is -0.000200. The lowest BCUT2D eigenvalue weighted by Crippen LogP contribution is -2.50. The number of piperidine rings is 2. The zero-order valence-electron chi connectivity index (χ0n) is 29.0. The van der Waals surface area contributed by atoms with Crippen LogP contribution in [-0.4, -0.2) is 82.4 Å². The van der Waals surface area contributed by atoms with Crippen molar-refractivity contribution in [2.75, 3.05) is 56.2 Å². The van der Waals surface area contributed by atoms with E-state index < -0.39 is 0 Å². The predicted molar refractivity (Wildman–Crippen MR) is 192 cm³/mol. The first kappa shape index (κ1) is 32.2. The van der Waals surface area contributed by atoms with E-state index in [-0.39, 0.29) is 5.91 Å². The molecule has 1 amide bonds. The van der Waals surface area contributed by atoms with Crippen LogP contribution in [0, 0.1) is 18.3 Å². The molecule has 0 saturated carbocycles.